The van der Waals surface area contributed by atoms with E-state index in [0.717, 1.165) is 22.2 Å². The van der Waals surface area contributed by atoms with Gasteiger partial charge in [-0.2, -0.15) is 0 Å². The van der Waals surface area contributed by atoms with E-state index < -0.39 is 0 Å². The summed E-state index contributed by atoms with van der Waals surface area (Å²) in [6.45, 7) is 2.10. The van der Waals surface area contributed by atoms with E-state index in [2.05, 4.69) is 4.98 Å². The third kappa shape index (κ3) is 3.75. The normalized spacial score (nSPS) is 10.8. The van der Waals surface area contributed by atoms with Crippen molar-refractivity contribution in [2.75, 3.05) is 5.73 Å². The van der Waals surface area contributed by atoms with E-state index in [1.165, 1.54) is 0 Å². The summed E-state index contributed by atoms with van der Waals surface area (Å²) in [6.07, 6.45) is 0. The van der Waals surface area contributed by atoms with Gasteiger partial charge in [0.05, 0.1) is 5.69 Å². The number of H-pyrrole nitrogens is 1. The van der Waals surface area contributed by atoms with Crippen LogP contribution in [0.2, 0.25) is 0 Å². The van der Waals surface area contributed by atoms with Crippen LogP contribution in [0.3, 0.4) is 0 Å². The molecule has 4 aromatic rings. The number of carbonyl (C=O) groups excluding carboxylic acids is 1. The summed E-state index contributed by atoms with van der Waals surface area (Å²) in [5.74, 6) is 0.563. The first kappa shape index (κ1) is 18.5. The van der Waals surface area contributed by atoms with E-state index in [-0.39, 0.29) is 5.78 Å². The van der Waals surface area contributed by atoms with Crippen molar-refractivity contribution in [3.05, 3.63) is 95.2 Å². The minimum atomic E-state index is -0.155. The molecule has 5 heteroatoms. The van der Waals surface area contributed by atoms with E-state index in [1.54, 1.807) is 25.1 Å². The second kappa shape index (κ2) is 7.64. The third-order valence-electron chi connectivity index (χ3n) is 4.83. The predicted octanol–water partition coefficient (Wildman–Crippen LogP) is 4.95. The molecular weight excluding hydrogens is 362 g/mol. The molecule has 0 aliphatic carbocycles. The summed E-state index contributed by atoms with van der Waals surface area (Å²) in [7, 11) is 0. The summed E-state index contributed by atoms with van der Waals surface area (Å²) in [6, 6.07) is 22.5. The Labute approximate surface area is 168 Å². The monoisotopic (exact) mass is 383 g/mol. The molecule has 0 atom stereocenters. The Kier molecular flexibility index (Phi) is 4.87. The van der Waals surface area contributed by atoms with Crippen molar-refractivity contribution < 1.29 is 9.53 Å². The molecule has 0 radical (unpaired) electrons. The van der Waals surface area contributed by atoms with Crippen LogP contribution in [0.4, 0.5) is 5.69 Å². The zero-order valence-corrected chi connectivity index (χ0v) is 16.0. The van der Waals surface area contributed by atoms with E-state index in [4.69, 9.17) is 15.9 Å². The first-order valence-corrected chi connectivity index (χ1v) is 9.31. The lowest BCUT2D eigenvalue weighted by molar-refractivity contribution is 0.103. The summed E-state index contributed by atoms with van der Waals surface area (Å²) in [5.41, 5.74) is 10.2. The molecule has 0 saturated heterocycles. The molecule has 144 valence electrons. The van der Waals surface area contributed by atoms with Gasteiger partial charge in [0, 0.05) is 33.4 Å². The Morgan fingerprint density at radius 2 is 1.83 bits per heavy atom. The average Bonchev–Trinajstić information content (AvgIpc) is 3.17. The molecule has 0 aliphatic rings. The zero-order valence-electron chi connectivity index (χ0n) is 16.0. The van der Waals surface area contributed by atoms with Crippen molar-refractivity contribution in [3.8, 4) is 5.75 Å². The Hall–Kier alpha value is -3.86. The molecule has 4 rings (SSSR count). The number of benzene rings is 3. The number of nitrogens with one attached hydrogen (secondary N) is 2. The van der Waals surface area contributed by atoms with E-state index in [9.17, 15) is 4.79 Å². The molecule has 5 nitrogen and oxygen atoms in total. The maximum atomic E-state index is 13.0. The van der Waals surface area contributed by atoms with Gasteiger partial charge in [-0.1, -0.05) is 36.4 Å². The molecule has 0 spiro atoms. The minimum absolute atomic E-state index is 0.155. The van der Waals surface area contributed by atoms with Crippen molar-refractivity contribution in [3.63, 3.8) is 0 Å². The second-order valence-corrected chi connectivity index (χ2v) is 6.93. The van der Waals surface area contributed by atoms with Crippen LogP contribution in [0.1, 0.15) is 34.1 Å². The summed E-state index contributed by atoms with van der Waals surface area (Å²) >= 11 is 0. The lowest BCUT2D eigenvalue weighted by atomic mass is 10.0. The Balaban J connectivity index is 1.65. The Bertz CT molecular complexity index is 1210. The summed E-state index contributed by atoms with van der Waals surface area (Å²) < 4.78 is 5.99. The van der Waals surface area contributed by atoms with Crippen LogP contribution in [-0.2, 0) is 6.61 Å². The molecule has 0 amide bonds. The number of hydrogen-bond acceptors (Lipinski definition) is 4. The number of carbonyl (C=O) groups is 1. The van der Waals surface area contributed by atoms with Crippen LogP contribution in [-0.4, -0.2) is 16.5 Å². The van der Waals surface area contributed by atoms with E-state index in [0.29, 0.717) is 34.8 Å². The molecule has 0 saturated carbocycles. The average molecular weight is 383 g/mol. The van der Waals surface area contributed by atoms with Crippen molar-refractivity contribution >= 4 is 28.1 Å². The number of hydrogen-bond donors (Lipinski definition) is 3. The fraction of sp³-hybridized carbons (Fsp3) is 0.0833. The van der Waals surface area contributed by atoms with Gasteiger partial charge in [0.2, 0.25) is 5.78 Å². The van der Waals surface area contributed by atoms with Crippen LogP contribution >= 0.6 is 0 Å². The van der Waals surface area contributed by atoms with Crippen LogP contribution in [0.25, 0.3) is 10.9 Å². The number of rotatable bonds is 6. The summed E-state index contributed by atoms with van der Waals surface area (Å²) in [4.78, 5) is 16.2. The van der Waals surface area contributed by atoms with Crippen LogP contribution < -0.4 is 10.5 Å². The first-order valence-electron chi connectivity index (χ1n) is 9.31. The minimum Gasteiger partial charge on any atom is -0.488 e. The molecule has 0 unspecified atom stereocenters. The molecule has 1 aromatic heterocycles. The zero-order chi connectivity index (χ0) is 20.4. The number of ketones is 1. The molecule has 3 aromatic carbocycles. The maximum Gasteiger partial charge on any atom is 0.209 e. The van der Waals surface area contributed by atoms with Gasteiger partial charge in [-0.05, 0) is 48.9 Å². The molecular formula is C24H21N3O2. The van der Waals surface area contributed by atoms with Gasteiger partial charge in [0.15, 0.2) is 0 Å². The third-order valence-corrected chi connectivity index (χ3v) is 4.83. The standard InChI is InChI=1S/C24H21N3O2/c1-15(25)18-12-17(10-11-20(18)26)24(28)22-13-19-21(27-22)8-5-9-23(19)29-14-16-6-3-2-4-7-16/h2-13,25,27H,14,26H2,1H3. The largest absolute Gasteiger partial charge is 0.488 e. The highest BCUT2D eigenvalue weighted by Crippen LogP contribution is 2.28. The first-order chi connectivity index (χ1) is 14.0. The van der Waals surface area contributed by atoms with Gasteiger partial charge >= 0.3 is 0 Å². The number of nitrogen functional groups attached to an aromatic ring is 1. The number of ether oxygens (including phenoxy) is 1. The van der Waals surface area contributed by atoms with Gasteiger partial charge in [0.1, 0.15) is 12.4 Å². The number of aromatic nitrogens is 1. The molecule has 0 bridgehead atoms. The summed E-state index contributed by atoms with van der Waals surface area (Å²) in [5, 5.41) is 8.69. The van der Waals surface area contributed by atoms with Crippen molar-refractivity contribution in [1.29, 1.82) is 5.41 Å². The highest BCUT2D eigenvalue weighted by Gasteiger charge is 2.16. The predicted molar refractivity (Wildman–Crippen MR) is 116 cm³/mol. The number of aromatic amines is 1. The molecule has 29 heavy (non-hydrogen) atoms. The SMILES string of the molecule is CC(=N)c1cc(C(=O)c2cc3c(OCc4ccccc4)cccc3[nH]2)ccc1N. The van der Waals surface area contributed by atoms with Crippen LogP contribution in [0, 0.1) is 5.41 Å². The fourth-order valence-electron chi connectivity index (χ4n) is 3.29. The Morgan fingerprint density at radius 1 is 1.03 bits per heavy atom. The van der Waals surface area contributed by atoms with E-state index in [1.807, 2.05) is 54.6 Å². The molecule has 0 aliphatic heterocycles. The van der Waals surface area contributed by atoms with Crippen LogP contribution in [0.15, 0.2) is 72.8 Å². The van der Waals surface area contributed by atoms with Crippen LogP contribution in [0.5, 0.6) is 5.75 Å². The van der Waals surface area contributed by atoms with Crippen molar-refractivity contribution in [1.82, 2.24) is 4.98 Å². The smallest absolute Gasteiger partial charge is 0.209 e. The fourth-order valence-corrected chi connectivity index (χ4v) is 3.29. The van der Waals surface area contributed by atoms with Gasteiger partial charge in [-0.3, -0.25) is 4.79 Å². The lowest BCUT2D eigenvalue weighted by Gasteiger charge is -2.07. The maximum absolute atomic E-state index is 13.0. The number of anilines is 1. The molecule has 0 fully saturated rings. The second-order valence-electron chi connectivity index (χ2n) is 6.93. The highest BCUT2D eigenvalue weighted by atomic mass is 16.5. The van der Waals surface area contributed by atoms with Gasteiger partial charge in [-0.25, -0.2) is 0 Å². The quantitative estimate of drug-likeness (QED) is 0.250. The molecule has 1 heterocycles. The van der Waals surface area contributed by atoms with Crippen molar-refractivity contribution in [2.24, 2.45) is 0 Å². The number of fused-ring (bicyclic) bond motifs is 1. The Morgan fingerprint density at radius 3 is 2.59 bits per heavy atom. The topological polar surface area (TPSA) is 92.0 Å². The molecule has 4 N–H and O–H groups in total. The van der Waals surface area contributed by atoms with E-state index >= 15 is 0 Å². The number of nitrogens with two attached hydrogens (primary N) is 1. The van der Waals surface area contributed by atoms with Crippen molar-refractivity contribution in [2.45, 2.75) is 13.5 Å². The van der Waals surface area contributed by atoms with Gasteiger partial charge in [0.25, 0.3) is 0 Å². The van der Waals surface area contributed by atoms with Gasteiger partial charge in [-0.15, -0.1) is 0 Å². The highest BCUT2D eigenvalue weighted by molar-refractivity contribution is 6.12. The lowest BCUT2D eigenvalue weighted by Crippen LogP contribution is -2.06. The van der Waals surface area contributed by atoms with Gasteiger partial charge < -0.3 is 20.9 Å².